The molecule has 1 heterocycles. The van der Waals surface area contributed by atoms with Crippen LogP contribution in [0.5, 0.6) is 0 Å². The van der Waals surface area contributed by atoms with Crippen LogP contribution < -0.4 is 16.6 Å². The summed E-state index contributed by atoms with van der Waals surface area (Å²) in [5, 5.41) is 2.75. The van der Waals surface area contributed by atoms with E-state index in [0.717, 1.165) is 0 Å². The van der Waals surface area contributed by atoms with Gasteiger partial charge in [-0.1, -0.05) is 24.0 Å². The monoisotopic (exact) mass is 281 g/mol. The summed E-state index contributed by atoms with van der Waals surface area (Å²) in [5.74, 6) is 5.29. The van der Waals surface area contributed by atoms with Crippen molar-refractivity contribution < 1.29 is 4.79 Å². The number of nitrogens with two attached hydrogens (primary N) is 1. The summed E-state index contributed by atoms with van der Waals surface area (Å²) >= 11 is 0. The molecule has 1 aromatic carbocycles. The molecule has 106 valence electrons. The van der Waals surface area contributed by atoms with Crippen molar-refractivity contribution in [1.29, 1.82) is 0 Å². The molecule has 0 saturated carbocycles. The maximum absolute atomic E-state index is 12.2. The highest BCUT2D eigenvalue weighted by molar-refractivity contribution is 6.04. The van der Waals surface area contributed by atoms with Crippen molar-refractivity contribution in [3.8, 4) is 11.8 Å². The molecule has 2 aromatic rings. The summed E-state index contributed by atoms with van der Waals surface area (Å²) in [6, 6.07) is 10.1. The zero-order valence-corrected chi connectivity index (χ0v) is 11.6. The predicted molar refractivity (Wildman–Crippen MR) is 82.0 cm³/mol. The SMILES string of the molecule is Cn1ccc(C(=O)Nc2ccccc2C#CCN)cc1=O. The number of nitrogens with zero attached hydrogens (tertiary/aromatic N) is 1. The van der Waals surface area contributed by atoms with E-state index in [9.17, 15) is 9.59 Å². The van der Waals surface area contributed by atoms with Crippen LogP contribution in [0.2, 0.25) is 0 Å². The average molecular weight is 281 g/mol. The van der Waals surface area contributed by atoms with E-state index in [4.69, 9.17) is 5.73 Å². The van der Waals surface area contributed by atoms with Gasteiger partial charge in [-0.2, -0.15) is 0 Å². The molecule has 5 heteroatoms. The van der Waals surface area contributed by atoms with Gasteiger partial charge in [0.25, 0.3) is 11.5 Å². The number of rotatable bonds is 2. The van der Waals surface area contributed by atoms with E-state index in [1.165, 1.54) is 10.6 Å². The fourth-order valence-electron chi connectivity index (χ4n) is 1.73. The number of hydrogen-bond acceptors (Lipinski definition) is 3. The third-order valence-corrected chi connectivity index (χ3v) is 2.87. The van der Waals surface area contributed by atoms with E-state index in [2.05, 4.69) is 17.2 Å². The number of hydrogen-bond donors (Lipinski definition) is 2. The quantitative estimate of drug-likeness (QED) is 0.805. The molecular weight excluding hydrogens is 266 g/mol. The van der Waals surface area contributed by atoms with Crippen molar-refractivity contribution >= 4 is 11.6 Å². The Balaban J connectivity index is 2.27. The van der Waals surface area contributed by atoms with Crippen molar-refractivity contribution in [2.24, 2.45) is 12.8 Å². The van der Waals surface area contributed by atoms with Crippen LogP contribution in [-0.4, -0.2) is 17.0 Å². The first-order valence-electron chi connectivity index (χ1n) is 6.38. The first-order valence-corrected chi connectivity index (χ1v) is 6.38. The van der Waals surface area contributed by atoms with Gasteiger partial charge in [0.15, 0.2) is 0 Å². The molecule has 1 aromatic heterocycles. The molecule has 0 radical (unpaired) electrons. The van der Waals surface area contributed by atoms with Gasteiger partial charge in [0, 0.05) is 30.4 Å². The number of anilines is 1. The molecule has 5 nitrogen and oxygen atoms in total. The molecule has 0 bridgehead atoms. The molecular formula is C16H15N3O2. The van der Waals surface area contributed by atoms with E-state index in [1.807, 2.05) is 6.07 Å². The summed E-state index contributed by atoms with van der Waals surface area (Å²) in [6.45, 7) is 0.247. The second kappa shape index (κ2) is 6.55. The van der Waals surface area contributed by atoms with Gasteiger partial charge >= 0.3 is 0 Å². The largest absolute Gasteiger partial charge is 0.321 e. The van der Waals surface area contributed by atoms with Gasteiger partial charge in [-0.15, -0.1) is 0 Å². The van der Waals surface area contributed by atoms with Gasteiger partial charge in [-0.3, -0.25) is 9.59 Å². The Morgan fingerprint density at radius 3 is 2.81 bits per heavy atom. The third kappa shape index (κ3) is 3.59. The summed E-state index contributed by atoms with van der Waals surface area (Å²) in [4.78, 5) is 23.7. The first-order chi connectivity index (χ1) is 10.1. The first kappa shape index (κ1) is 14.6. The molecule has 0 unspecified atom stereocenters. The maximum Gasteiger partial charge on any atom is 0.255 e. The smallest absolute Gasteiger partial charge is 0.255 e. The van der Waals surface area contributed by atoms with E-state index in [0.29, 0.717) is 16.8 Å². The minimum Gasteiger partial charge on any atom is -0.321 e. The Bertz CT molecular complexity index is 782. The molecule has 3 N–H and O–H groups in total. The van der Waals surface area contributed by atoms with E-state index < -0.39 is 0 Å². The number of benzene rings is 1. The van der Waals surface area contributed by atoms with Crippen LogP contribution >= 0.6 is 0 Å². The Morgan fingerprint density at radius 1 is 1.33 bits per heavy atom. The summed E-state index contributed by atoms with van der Waals surface area (Å²) in [5.41, 5.74) is 6.69. The van der Waals surface area contributed by atoms with Crippen LogP contribution in [-0.2, 0) is 7.05 Å². The highest BCUT2D eigenvalue weighted by atomic mass is 16.2. The molecule has 0 atom stereocenters. The number of amides is 1. The second-order valence-corrected chi connectivity index (χ2v) is 4.37. The minimum atomic E-state index is -0.352. The van der Waals surface area contributed by atoms with E-state index in [1.54, 1.807) is 37.5 Å². The number of para-hydroxylation sites is 1. The lowest BCUT2D eigenvalue weighted by Crippen LogP contribution is -2.20. The summed E-state index contributed by atoms with van der Waals surface area (Å²) in [7, 11) is 1.63. The highest BCUT2D eigenvalue weighted by Crippen LogP contribution is 2.14. The van der Waals surface area contributed by atoms with E-state index in [-0.39, 0.29) is 18.0 Å². The van der Waals surface area contributed by atoms with Crippen LogP contribution in [0.15, 0.2) is 47.4 Å². The van der Waals surface area contributed by atoms with Crippen molar-refractivity contribution in [3.63, 3.8) is 0 Å². The number of carbonyl (C=O) groups is 1. The Hall–Kier alpha value is -2.84. The van der Waals surface area contributed by atoms with Gasteiger partial charge in [-0.25, -0.2) is 0 Å². The molecule has 1 amide bonds. The van der Waals surface area contributed by atoms with Gasteiger partial charge in [0.2, 0.25) is 0 Å². The maximum atomic E-state index is 12.2. The van der Waals surface area contributed by atoms with Gasteiger partial charge in [0.05, 0.1) is 12.2 Å². The lowest BCUT2D eigenvalue weighted by atomic mass is 10.1. The normalized spacial score (nSPS) is 9.62. The molecule has 0 aliphatic carbocycles. The van der Waals surface area contributed by atoms with Crippen LogP contribution in [0, 0.1) is 11.8 Å². The summed E-state index contributed by atoms with van der Waals surface area (Å²) in [6.07, 6.45) is 1.55. The zero-order valence-electron chi connectivity index (χ0n) is 11.6. The van der Waals surface area contributed by atoms with Crippen LogP contribution in [0.3, 0.4) is 0 Å². The van der Waals surface area contributed by atoms with Crippen molar-refractivity contribution in [2.45, 2.75) is 0 Å². The van der Waals surface area contributed by atoms with Crippen molar-refractivity contribution in [3.05, 3.63) is 64.1 Å². The van der Waals surface area contributed by atoms with Crippen molar-refractivity contribution in [1.82, 2.24) is 4.57 Å². The fourth-order valence-corrected chi connectivity index (χ4v) is 1.73. The Labute approximate surface area is 122 Å². The number of aryl methyl sites for hydroxylation is 1. The van der Waals surface area contributed by atoms with Crippen molar-refractivity contribution in [2.75, 3.05) is 11.9 Å². The minimum absolute atomic E-state index is 0.237. The third-order valence-electron chi connectivity index (χ3n) is 2.87. The number of pyridine rings is 1. The molecule has 0 saturated heterocycles. The molecule has 2 rings (SSSR count). The number of carbonyl (C=O) groups excluding carboxylic acids is 1. The van der Waals surface area contributed by atoms with Gasteiger partial charge < -0.3 is 15.6 Å². The van der Waals surface area contributed by atoms with Crippen LogP contribution in [0.4, 0.5) is 5.69 Å². The molecule has 0 fully saturated rings. The van der Waals surface area contributed by atoms with Crippen LogP contribution in [0.1, 0.15) is 15.9 Å². The topological polar surface area (TPSA) is 77.1 Å². The molecule has 0 spiro atoms. The van der Waals surface area contributed by atoms with Gasteiger partial charge in [0.1, 0.15) is 0 Å². The van der Waals surface area contributed by atoms with E-state index >= 15 is 0 Å². The summed E-state index contributed by atoms with van der Waals surface area (Å²) < 4.78 is 1.40. The lowest BCUT2D eigenvalue weighted by molar-refractivity contribution is 0.102. The average Bonchev–Trinajstić information content (AvgIpc) is 2.49. The van der Waals surface area contributed by atoms with Gasteiger partial charge in [-0.05, 0) is 18.2 Å². The Morgan fingerprint density at radius 2 is 2.10 bits per heavy atom. The lowest BCUT2D eigenvalue weighted by Gasteiger charge is -2.07. The fraction of sp³-hybridized carbons (Fsp3) is 0.125. The standard InChI is InChI=1S/C16H15N3O2/c1-19-10-8-13(11-15(19)20)16(21)18-14-7-3-2-5-12(14)6-4-9-17/h2-3,5,7-8,10-11H,9,17H2,1H3,(H,18,21). The predicted octanol–water partition coefficient (Wildman–Crippen LogP) is 0.948. The number of nitrogens with one attached hydrogen (secondary N) is 1. The Kier molecular flexibility index (Phi) is 4.54. The molecule has 0 aliphatic rings. The number of aromatic nitrogens is 1. The zero-order chi connectivity index (χ0) is 15.2. The molecule has 0 aliphatic heterocycles. The second-order valence-electron chi connectivity index (χ2n) is 4.37. The van der Waals surface area contributed by atoms with Crippen LogP contribution in [0.25, 0.3) is 0 Å². The highest BCUT2D eigenvalue weighted by Gasteiger charge is 2.09. The molecule has 21 heavy (non-hydrogen) atoms.